The highest BCUT2D eigenvalue weighted by atomic mass is 127. The zero-order valence-electron chi connectivity index (χ0n) is 19.0. The first kappa shape index (κ1) is 24.3. The minimum Gasteiger partial charge on any atom is -0.497 e. The van der Waals surface area contributed by atoms with Crippen LogP contribution >= 0.6 is 22.6 Å². The Labute approximate surface area is 198 Å². The minimum atomic E-state index is -0.767. The molecule has 8 heteroatoms. The lowest BCUT2D eigenvalue weighted by Crippen LogP contribution is -2.52. The fraction of sp³-hybridized carbons (Fsp3) is 0.609. The van der Waals surface area contributed by atoms with Gasteiger partial charge in [-0.05, 0) is 56.9 Å². The number of hydrogen-bond acceptors (Lipinski definition) is 6. The molecule has 1 amide bonds. The van der Waals surface area contributed by atoms with Gasteiger partial charge in [0.25, 0.3) is 0 Å². The van der Waals surface area contributed by atoms with Gasteiger partial charge in [0.15, 0.2) is 6.29 Å². The second-order valence-corrected chi connectivity index (χ2v) is 10.1. The lowest BCUT2D eigenvalue weighted by molar-refractivity contribution is -0.0869. The summed E-state index contributed by atoms with van der Waals surface area (Å²) in [4.78, 5) is 14.7. The summed E-state index contributed by atoms with van der Waals surface area (Å²) in [6, 6.07) is 7.42. The van der Waals surface area contributed by atoms with Crippen molar-refractivity contribution >= 4 is 28.7 Å². The van der Waals surface area contributed by atoms with Crippen molar-refractivity contribution in [3.05, 3.63) is 40.0 Å². The van der Waals surface area contributed by atoms with Crippen molar-refractivity contribution in [1.82, 2.24) is 4.90 Å². The third-order valence-electron chi connectivity index (χ3n) is 5.32. The zero-order chi connectivity index (χ0) is 22.9. The molecule has 2 fully saturated rings. The van der Waals surface area contributed by atoms with Gasteiger partial charge in [0.1, 0.15) is 22.7 Å². The molecule has 2 heterocycles. The topological polar surface area (TPSA) is 66.5 Å². The molecule has 0 bridgehead atoms. The number of ether oxygens (including phenoxy) is 5. The predicted molar refractivity (Wildman–Crippen MR) is 125 cm³/mol. The Bertz CT molecular complexity index is 803. The van der Waals surface area contributed by atoms with E-state index in [1.807, 2.05) is 69.0 Å². The molecule has 2 aliphatic heterocycles. The highest BCUT2D eigenvalue weighted by Gasteiger charge is 2.50. The van der Waals surface area contributed by atoms with Gasteiger partial charge in [-0.3, -0.25) is 4.90 Å². The van der Waals surface area contributed by atoms with E-state index in [1.165, 1.54) is 0 Å². The Kier molecular flexibility index (Phi) is 7.25. The number of nitrogens with zero attached hydrogens (tertiary/aromatic N) is 1. The smallest absolute Gasteiger partial charge is 0.412 e. The van der Waals surface area contributed by atoms with Crippen LogP contribution in [0.15, 0.2) is 34.4 Å². The molecule has 1 aromatic rings. The fourth-order valence-corrected chi connectivity index (χ4v) is 4.57. The summed E-state index contributed by atoms with van der Waals surface area (Å²) < 4.78 is 31.2. The van der Waals surface area contributed by atoms with Crippen molar-refractivity contribution in [1.29, 1.82) is 0 Å². The summed E-state index contributed by atoms with van der Waals surface area (Å²) in [5.74, 6) is 0.776. The van der Waals surface area contributed by atoms with E-state index in [4.69, 9.17) is 23.7 Å². The Hall–Kier alpha value is -1.36. The molecular formula is C23H32INO6. The molecule has 7 nitrogen and oxygen atoms in total. The molecule has 0 N–H and O–H groups in total. The highest BCUT2D eigenvalue weighted by molar-refractivity contribution is 14.1. The number of carbonyl (C=O) groups is 1. The van der Waals surface area contributed by atoms with E-state index in [0.29, 0.717) is 19.6 Å². The summed E-state index contributed by atoms with van der Waals surface area (Å²) in [6.45, 7) is 10.1. The lowest BCUT2D eigenvalue weighted by atomic mass is 9.95. The molecule has 1 unspecified atom stereocenters. The second-order valence-electron chi connectivity index (χ2n) is 9.36. The van der Waals surface area contributed by atoms with E-state index in [0.717, 1.165) is 11.3 Å². The van der Waals surface area contributed by atoms with Crippen LogP contribution in [0.3, 0.4) is 0 Å². The van der Waals surface area contributed by atoms with Crippen LogP contribution in [0.5, 0.6) is 5.75 Å². The minimum absolute atomic E-state index is 0.212. The van der Waals surface area contributed by atoms with Crippen LogP contribution < -0.4 is 4.74 Å². The SMILES string of the molecule is COc1ccc(C2OC[C@](/C=C\I)(C[C@H]3COC(C)(C)N3C(=O)OC(C)(C)C)O2)cc1. The Morgan fingerprint density at radius 2 is 1.97 bits per heavy atom. The molecule has 0 aliphatic carbocycles. The highest BCUT2D eigenvalue weighted by Crippen LogP contribution is 2.41. The van der Waals surface area contributed by atoms with Gasteiger partial charge < -0.3 is 23.7 Å². The maximum absolute atomic E-state index is 13.0. The summed E-state index contributed by atoms with van der Waals surface area (Å²) in [5, 5.41) is 0. The van der Waals surface area contributed by atoms with Crippen molar-refractivity contribution in [2.75, 3.05) is 20.3 Å². The van der Waals surface area contributed by atoms with Crippen LogP contribution in [0.1, 0.15) is 52.9 Å². The third-order valence-corrected chi connectivity index (χ3v) is 5.68. The maximum atomic E-state index is 13.0. The van der Waals surface area contributed by atoms with Crippen molar-refractivity contribution in [3.8, 4) is 5.75 Å². The van der Waals surface area contributed by atoms with Crippen LogP contribution in [0.25, 0.3) is 0 Å². The van der Waals surface area contributed by atoms with E-state index in [2.05, 4.69) is 22.6 Å². The first-order valence-electron chi connectivity index (χ1n) is 10.4. The van der Waals surface area contributed by atoms with Crippen molar-refractivity contribution in [3.63, 3.8) is 0 Å². The predicted octanol–water partition coefficient (Wildman–Crippen LogP) is 5.19. The van der Waals surface area contributed by atoms with Crippen LogP contribution in [0.2, 0.25) is 0 Å². The summed E-state index contributed by atoms with van der Waals surface area (Å²) >= 11 is 2.18. The molecule has 0 radical (unpaired) electrons. The van der Waals surface area contributed by atoms with Gasteiger partial charge in [0.05, 0.1) is 26.4 Å². The summed E-state index contributed by atoms with van der Waals surface area (Å²) in [6.07, 6.45) is 1.64. The molecule has 3 atom stereocenters. The van der Waals surface area contributed by atoms with Gasteiger partial charge in [-0.15, -0.1) is 0 Å². The molecule has 2 saturated heterocycles. The van der Waals surface area contributed by atoms with E-state index in [9.17, 15) is 4.79 Å². The second kappa shape index (κ2) is 9.25. The monoisotopic (exact) mass is 545 g/mol. The average Bonchev–Trinajstić information content (AvgIpc) is 3.21. The van der Waals surface area contributed by atoms with E-state index < -0.39 is 23.2 Å². The Balaban J connectivity index is 1.79. The van der Waals surface area contributed by atoms with Crippen molar-refractivity contribution < 1.29 is 28.5 Å². The van der Waals surface area contributed by atoms with Crippen LogP contribution in [-0.4, -0.2) is 54.3 Å². The number of hydrogen-bond donors (Lipinski definition) is 0. The molecule has 1 aromatic carbocycles. The molecular weight excluding hydrogens is 513 g/mol. The van der Waals surface area contributed by atoms with E-state index in [1.54, 1.807) is 12.0 Å². The standard InChI is InChI=1S/C23H32INO6/c1-21(2,3)31-20(26)25-17(14-29-22(25,4)5)13-23(11-12-24)15-28-19(30-23)16-7-9-18(27-6)10-8-16/h7-12,17,19H,13-15H2,1-6H3/b12-11-/t17-,19?,23-/m0/s1. The number of halogens is 1. The molecule has 0 aromatic heterocycles. The third kappa shape index (κ3) is 5.71. The molecule has 3 rings (SSSR count). The normalized spacial score (nSPS) is 28.3. The largest absolute Gasteiger partial charge is 0.497 e. The Morgan fingerprint density at radius 1 is 1.29 bits per heavy atom. The molecule has 0 saturated carbocycles. The number of methoxy groups -OCH3 is 1. The van der Waals surface area contributed by atoms with Crippen LogP contribution in [-0.2, 0) is 18.9 Å². The molecule has 172 valence electrons. The van der Waals surface area contributed by atoms with Gasteiger partial charge >= 0.3 is 6.09 Å². The van der Waals surface area contributed by atoms with E-state index in [-0.39, 0.29) is 12.1 Å². The van der Waals surface area contributed by atoms with E-state index >= 15 is 0 Å². The lowest BCUT2D eigenvalue weighted by Gasteiger charge is -2.37. The van der Waals surface area contributed by atoms with Gasteiger partial charge in [0, 0.05) is 12.0 Å². The quantitative estimate of drug-likeness (QED) is 0.475. The molecule has 2 aliphatic rings. The first-order chi connectivity index (χ1) is 14.5. The van der Waals surface area contributed by atoms with Gasteiger partial charge in [-0.1, -0.05) is 34.7 Å². The summed E-state index contributed by atoms with van der Waals surface area (Å²) in [5.41, 5.74) is -1.12. The Morgan fingerprint density at radius 3 is 2.55 bits per heavy atom. The number of amides is 1. The van der Waals surface area contributed by atoms with Crippen molar-refractivity contribution in [2.45, 2.75) is 70.3 Å². The van der Waals surface area contributed by atoms with Gasteiger partial charge in [-0.25, -0.2) is 4.79 Å². The van der Waals surface area contributed by atoms with Gasteiger partial charge in [-0.2, -0.15) is 0 Å². The van der Waals surface area contributed by atoms with Crippen molar-refractivity contribution in [2.24, 2.45) is 0 Å². The molecule has 0 spiro atoms. The fourth-order valence-electron chi connectivity index (χ4n) is 3.91. The molecule has 31 heavy (non-hydrogen) atoms. The summed E-state index contributed by atoms with van der Waals surface area (Å²) in [7, 11) is 1.63. The average molecular weight is 545 g/mol. The maximum Gasteiger partial charge on any atom is 0.412 e. The van der Waals surface area contributed by atoms with Gasteiger partial charge in [0.2, 0.25) is 0 Å². The van der Waals surface area contributed by atoms with Crippen LogP contribution in [0, 0.1) is 0 Å². The van der Waals surface area contributed by atoms with Crippen LogP contribution in [0.4, 0.5) is 4.79 Å². The number of carbonyl (C=O) groups excluding carboxylic acids is 1. The first-order valence-corrected chi connectivity index (χ1v) is 11.6. The zero-order valence-corrected chi connectivity index (χ0v) is 21.2. The number of benzene rings is 1. The number of rotatable bonds is 5.